The van der Waals surface area contributed by atoms with Gasteiger partial charge in [0.25, 0.3) is 0 Å². The fourth-order valence-electron chi connectivity index (χ4n) is 6.23. The molecule has 0 aliphatic carbocycles. The molecule has 0 saturated heterocycles. The van der Waals surface area contributed by atoms with Gasteiger partial charge in [-0.25, -0.2) is 0 Å². The minimum Gasteiger partial charge on any atom is -0.0656 e. The minimum atomic E-state index is -1.52. The van der Waals surface area contributed by atoms with Gasteiger partial charge in [0.15, 0.2) is 0 Å². The first kappa shape index (κ1) is 25.5. The van der Waals surface area contributed by atoms with Crippen LogP contribution >= 0.6 is 0 Å². The van der Waals surface area contributed by atoms with E-state index in [0.29, 0.717) is 0 Å². The van der Waals surface area contributed by atoms with Crippen LogP contribution in [0.5, 0.6) is 0 Å². The number of hydrogen-bond donors (Lipinski definition) is 0. The van der Waals surface area contributed by atoms with Gasteiger partial charge in [0.1, 0.15) is 0 Å². The van der Waals surface area contributed by atoms with Crippen LogP contribution in [0.1, 0.15) is 5.56 Å². The van der Waals surface area contributed by atoms with E-state index in [9.17, 15) is 0 Å². The first-order valence-corrected chi connectivity index (χ1v) is 18.0. The van der Waals surface area contributed by atoms with E-state index >= 15 is 0 Å². The third-order valence-electron chi connectivity index (χ3n) is 8.46. The summed E-state index contributed by atoms with van der Waals surface area (Å²) in [5.41, 5.74) is 8.98. The highest BCUT2D eigenvalue weighted by Gasteiger charge is 2.21. The molecule has 198 valence electrons. The van der Waals surface area contributed by atoms with Crippen molar-refractivity contribution in [1.29, 1.82) is 0 Å². The number of fused-ring (bicyclic) bond motifs is 3. The summed E-state index contributed by atoms with van der Waals surface area (Å²) in [7, 11) is -1.52. The molecule has 0 aliphatic heterocycles. The lowest BCUT2D eigenvalue weighted by atomic mass is 9.85. The molecule has 41 heavy (non-hydrogen) atoms. The van der Waals surface area contributed by atoms with Crippen LogP contribution in [-0.4, -0.2) is 8.07 Å². The summed E-state index contributed by atoms with van der Waals surface area (Å²) in [4.78, 5) is 0. The van der Waals surface area contributed by atoms with Gasteiger partial charge in [0, 0.05) is 0 Å². The van der Waals surface area contributed by atoms with Crippen LogP contribution in [0.25, 0.3) is 65.7 Å². The van der Waals surface area contributed by atoms with Gasteiger partial charge in [0.2, 0.25) is 0 Å². The van der Waals surface area contributed by atoms with Gasteiger partial charge in [0.05, 0.1) is 8.07 Å². The predicted molar refractivity (Wildman–Crippen MR) is 183 cm³/mol. The van der Waals surface area contributed by atoms with Gasteiger partial charge in [-0.2, -0.15) is 0 Å². The monoisotopic (exact) mass is 542 g/mol. The summed E-state index contributed by atoms with van der Waals surface area (Å²) >= 11 is 0. The van der Waals surface area contributed by atoms with E-state index in [1.54, 1.807) is 0 Å². The summed E-state index contributed by atoms with van der Waals surface area (Å²) in [6.07, 6.45) is 0. The molecule has 0 nitrogen and oxygen atoms in total. The third kappa shape index (κ3) is 4.57. The van der Waals surface area contributed by atoms with E-state index in [2.05, 4.69) is 160 Å². The van der Waals surface area contributed by atoms with Crippen LogP contribution in [0.3, 0.4) is 0 Å². The Bertz CT molecular complexity index is 2060. The average molecular weight is 543 g/mol. The highest BCUT2D eigenvalue weighted by molar-refractivity contribution is 6.88. The number of rotatable bonds is 4. The third-order valence-corrected chi connectivity index (χ3v) is 10.5. The molecule has 7 aromatic rings. The van der Waals surface area contributed by atoms with Crippen molar-refractivity contribution in [3.8, 4) is 33.4 Å². The zero-order valence-electron chi connectivity index (χ0n) is 24.2. The number of benzene rings is 7. The normalized spacial score (nSPS) is 11.9. The Morgan fingerprint density at radius 2 is 0.951 bits per heavy atom. The Morgan fingerprint density at radius 1 is 0.390 bits per heavy atom. The summed E-state index contributed by atoms with van der Waals surface area (Å²) in [5, 5.41) is 9.34. The van der Waals surface area contributed by atoms with Crippen molar-refractivity contribution in [2.24, 2.45) is 0 Å². The molecular formula is C40H34Si. The fraction of sp³-hybridized carbons (Fsp3) is 0.100. The zero-order valence-corrected chi connectivity index (χ0v) is 25.2. The van der Waals surface area contributed by atoms with Gasteiger partial charge >= 0.3 is 0 Å². The highest BCUT2D eigenvalue weighted by Crippen LogP contribution is 2.44. The van der Waals surface area contributed by atoms with E-state index in [0.717, 1.165) is 0 Å². The van der Waals surface area contributed by atoms with Crippen LogP contribution in [0.2, 0.25) is 19.6 Å². The maximum atomic E-state index is 2.50. The van der Waals surface area contributed by atoms with E-state index < -0.39 is 8.07 Å². The SMILES string of the molecule is Cc1ccc2c(-c3ccc(-c4ccc5ccccc5c4)cc3)c3cc([Si](C)(C)C)ccc3c(-c3ccccc3)c2c1. The summed E-state index contributed by atoms with van der Waals surface area (Å²) in [5.74, 6) is 0. The Balaban J connectivity index is 1.50. The van der Waals surface area contributed by atoms with Gasteiger partial charge in [-0.1, -0.05) is 158 Å². The van der Waals surface area contributed by atoms with Crippen LogP contribution in [0.15, 0.2) is 133 Å². The van der Waals surface area contributed by atoms with E-state index in [1.807, 2.05) is 0 Å². The molecule has 7 rings (SSSR count). The molecule has 7 aromatic carbocycles. The number of aryl methyl sites for hydroxylation is 1. The maximum Gasteiger partial charge on any atom is 0.0776 e. The second kappa shape index (κ2) is 9.87. The van der Waals surface area contributed by atoms with Crippen molar-refractivity contribution < 1.29 is 0 Å². The van der Waals surface area contributed by atoms with Crippen molar-refractivity contribution in [3.63, 3.8) is 0 Å². The van der Waals surface area contributed by atoms with Crippen LogP contribution in [-0.2, 0) is 0 Å². The van der Waals surface area contributed by atoms with Gasteiger partial charge in [-0.15, -0.1) is 0 Å². The first-order chi connectivity index (χ1) is 19.9. The molecule has 1 heteroatoms. The average Bonchev–Trinajstić information content (AvgIpc) is 2.99. The molecule has 0 spiro atoms. The highest BCUT2D eigenvalue weighted by atomic mass is 28.3. The van der Waals surface area contributed by atoms with Crippen molar-refractivity contribution in [2.75, 3.05) is 0 Å². The zero-order chi connectivity index (χ0) is 28.1. The van der Waals surface area contributed by atoms with E-state index in [-0.39, 0.29) is 0 Å². The quantitative estimate of drug-likeness (QED) is 0.153. The lowest BCUT2D eigenvalue weighted by Crippen LogP contribution is -2.37. The molecule has 0 bridgehead atoms. The Kier molecular flexibility index (Phi) is 6.14. The molecule has 0 aromatic heterocycles. The predicted octanol–water partition coefficient (Wildman–Crippen LogP) is 11.0. The van der Waals surface area contributed by atoms with Crippen molar-refractivity contribution in [3.05, 3.63) is 139 Å². The van der Waals surface area contributed by atoms with Gasteiger partial charge in [-0.05, 0) is 78.7 Å². The Hall–Kier alpha value is -4.46. The molecule has 0 radical (unpaired) electrons. The lowest BCUT2D eigenvalue weighted by Gasteiger charge is -2.22. The number of hydrogen-bond acceptors (Lipinski definition) is 0. The van der Waals surface area contributed by atoms with Crippen LogP contribution < -0.4 is 5.19 Å². The van der Waals surface area contributed by atoms with Gasteiger partial charge in [-0.3, -0.25) is 0 Å². The van der Waals surface area contributed by atoms with E-state index in [1.165, 1.54) is 76.4 Å². The van der Waals surface area contributed by atoms with Crippen LogP contribution in [0.4, 0.5) is 0 Å². The van der Waals surface area contributed by atoms with Gasteiger partial charge < -0.3 is 0 Å². The van der Waals surface area contributed by atoms with Crippen LogP contribution in [0, 0.1) is 6.92 Å². The molecule has 0 heterocycles. The smallest absolute Gasteiger partial charge is 0.0656 e. The maximum absolute atomic E-state index is 2.50. The first-order valence-electron chi connectivity index (χ1n) is 14.5. The standard InChI is InChI=1S/C40H34Si/c1-27-14-22-35-37(24-27)39(30-11-6-5-7-12-30)36-23-21-34(41(2,3)4)26-38(36)40(35)31-18-15-29(16-19-31)33-20-17-28-10-8-9-13-32(28)25-33/h5-26H,1-4H3. The van der Waals surface area contributed by atoms with Crippen molar-refractivity contribution >= 4 is 45.6 Å². The topological polar surface area (TPSA) is 0 Å². The second-order valence-corrected chi connectivity index (χ2v) is 17.4. The molecule has 0 unspecified atom stereocenters. The molecule has 0 saturated carbocycles. The molecule has 0 aliphatic rings. The fourth-order valence-corrected chi connectivity index (χ4v) is 7.39. The lowest BCUT2D eigenvalue weighted by molar-refractivity contribution is 1.51. The Labute approximate surface area is 243 Å². The summed E-state index contributed by atoms with van der Waals surface area (Å²) < 4.78 is 0. The minimum absolute atomic E-state index is 1.24. The van der Waals surface area contributed by atoms with E-state index in [4.69, 9.17) is 0 Å². The summed E-state index contributed by atoms with van der Waals surface area (Å²) in [6, 6.07) is 49.7. The molecular weight excluding hydrogens is 509 g/mol. The summed E-state index contributed by atoms with van der Waals surface area (Å²) in [6.45, 7) is 9.52. The van der Waals surface area contributed by atoms with Crippen molar-refractivity contribution in [2.45, 2.75) is 26.6 Å². The second-order valence-electron chi connectivity index (χ2n) is 12.3. The molecule has 0 amide bonds. The van der Waals surface area contributed by atoms with Crippen molar-refractivity contribution in [1.82, 2.24) is 0 Å². The largest absolute Gasteiger partial charge is 0.0776 e. The Morgan fingerprint density at radius 3 is 1.66 bits per heavy atom. The molecule has 0 atom stereocenters. The molecule has 0 N–H and O–H groups in total. The molecule has 0 fully saturated rings.